The highest BCUT2D eigenvalue weighted by atomic mass is 16.5. The first-order chi connectivity index (χ1) is 7.31. The zero-order valence-corrected chi connectivity index (χ0v) is 8.30. The molecule has 4 heteroatoms. The molecule has 0 aliphatic rings. The lowest BCUT2D eigenvalue weighted by atomic mass is 10.1. The van der Waals surface area contributed by atoms with Gasteiger partial charge in [0.05, 0.1) is 0 Å². The first kappa shape index (κ1) is 9.58. The molecule has 1 aromatic heterocycles. The van der Waals surface area contributed by atoms with Crippen LogP contribution in [0.2, 0.25) is 0 Å². The molecule has 0 fully saturated rings. The SMILES string of the molecule is CCc1nc(C(=O)c2ccccc2)no1. The van der Waals surface area contributed by atoms with Crippen LogP contribution in [-0.4, -0.2) is 15.9 Å². The van der Waals surface area contributed by atoms with Gasteiger partial charge >= 0.3 is 0 Å². The summed E-state index contributed by atoms with van der Waals surface area (Å²) < 4.78 is 4.87. The lowest BCUT2D eigenvalue weighted by molar-refractivity contribution is 0.102. The third-order valence-electron chi connectivity index (χ3n) is 2.01. The molecule has 0 unspecified atom stereocenters. The van der Waals surface area contributed by atoms with Crippen molar-refractivity contribution < 1.29 is 9.32 Å². The minimum absolute atomic E-state index is 0.123. The van der Waals surface area contributed by atoms with Crippen molar-refractivity contribution in [1.82, 2.24) is 10.1 Å². The molecule has 0 amide bonds. The van der Waals surface area contributed by atoms with Gasteiger partial charge in [0.2, 0.25) is 17.5 Å². The average molecular weight is 202 g/mol. The van der Waals surface area contributed by atoms with Crippen LogP contribution >= 0.6 is 0 Å². The molecule has 2 rings (SSSR count). The van der Waals surface area contributed by atoms with Crippen molar-refractivity contribution in [3.05, 3.63) is 47.6 Å². The predicted octanol–water partition coefficient (Wildman–Crippen LogP) is 1.86. The van der Waals surface area contributed by atoms with E-state index in [1.165, 1.54) is 0 Å². The second-order valence-electron chi connectivity index (χ2n) is 3.06. The van der Waals surface area contributed by atoms with E-state index < -0.39 is 0 Å². The third-order valence-corrected chi connectivity index (χ3v) is 2.01. The quantitative estimate of drug-likeness (QED) is 0.713. The van der Waals surface area contributed by atoms with Crippen molar-refractivity contribution in [2.24, 2.45) is 0 Å². The number of carbonyl (C=O) groups is 1. The van der Waals surface area contributed by atoms with Crippen molar-refractivity contribution in [3.8, 4) is 0 Å². The van der Waals surface area contributed by atoms with Gasteiger partial charge in [0.15, 0.2) is 0 Å². The van der Waals surface area contributed by atoms with E-state index in [9.17, 15) is 4.79 Å². The second-order valence-corrected chi connectivity index (χ2v) is 3.06. The van der Waals surface area contributed by atoms with Gasteiger partial charge in [-0.15, -0.1) is 0 Å². The first-order valence-electron chi connectivity index (χ1n) is 4.73. The maximum absolute atomic E-state index is 11.8. The largest absolute Gasteiger partial charge is 0.339 e. The normalized spacial score (nSPS) is 10.2. The van der Waals surface area contributed by atoms with Gasteiger partial charge < -0.3 is 4.52 Å². The number of aryl methyl sites for hydroxylation is 1. The highest BCUT2D eigenvalue weighted by Crippen LogP contribution is 2.06. The fourth-order valence-corrected chi connectivity index (χ4v) is 1.21. The third kappa shape index (κ3) is 1.93. The van der Waals surface area contributed by atoms with Crippen LogP contribution in [0.1, 0.15) is 29.0 Å². The summed E-state index contributed by atoms with van der Waals surface area (Å²) in [6.07, 6.45) is 0.634. The van der Waals surface area contributed by atoms with Gasteiger partial charge in [0, 0.05) is 12.0 Å². The Morgan fingerprint density at radius 1 is 1.33 bits per heavy atom. The Morgan fingerprint density at radius 3 is 2.67 bits per heavy atom. The van der Waals surface area contributed by atoms with Crippen LogP contribution in [0.4, 0.5) is 0 Å². The standard InChI is InChI=1S/C11H10N2O2/c1-2-9-12-11(13-15-9)10(14)8-6-4-3-5-7-8/h3-7H,2H2,1H3. The summed E-state index contributed by atoms with van der Waals surface area (Å²) in [5.74, 6) is 0.395. The van der Waals surface area contributed by atoms with Gasteiger partial charge in [0.1, 0.15) is 0 Å². The number of aromatic nitrogens is 2. The Labute approximate surface area is 86.9 Å². The molecule has 0 spiro atoms. The maximum atomic E-state index is 11.8. The van der Waals surface area contributed by atoms with Crippen molar-refractivity contribution in [2.75, 3.05) is 0 Å². The lowest BCUT2D eigenvalue weighted by Crippen LogP contribution is -2.03. The molecular weight excluding hydrogens is 192 g/mol. The van der Waals surface area contributed by atoms with E-state index in [0.29, 0.717) is 17.9 Å². The van der Waals surface area contributed by atoms with Gasteiger partial charge in [-0.2, -0.15) is 4.98 Å². The Kier molecular flexibility index (Phi) is 2.58. The summed E-state index contributed by atoms with van der Waals surface area (Å²) in [6.45, 7) is 1.89. The van der Waals surface area contributed by atoms with Crippen molar-refractivity contribution in [1.29, 1.82) is 0 Å². The molecule has 0 bridgehead atoms. The Hall–Kier alpha value is -1.97. The van der Waals surface area contributed by atoms with Gasteiger partial charge in [0.25, 0.3) is 0 Å². The molecule has 1 aromatic carbocycles. The summed E-state index contributed by atoms with van der Waals surface area (Å²) in [5, 5.41) is 3.63. The van der Waals surface area contributed by atoms with Crippen LogP contribution in [0.5, 0.6) is 0 Å². The topological polar surface area (TPSA) is 56.0 Å². The monoisotopic (exact) mass is 202 g/mol. The zero-order valence-electron chi connectivity index (χ0n) is 8.30. The van der Waals surface area contributed by atoms with E-state index in [2.05, 4.69) is 10.1 Å². The zero-order chi connectivity index (χ0) is 10.7. The molecule has 2 aromatic rings. The molecule has 0 N–H and O–H groups in total. The molecule has 0 atom stereocenters. The van der Waals surface area contributed by atoms with E-state index in [-0.39, 0.29) is 11.6 Å². The van der Waals surface area contributed by atoms with E-state index in [0.717, 1.165) is 0 Å². The fourth-order valence-electron chi connectivity index (χ4n) is 1.21. The molecular formula is C11H10N2O2. The predicted molar refractivity (Wildman–Crippen MR) is 53.6 cm³/mol. The number of carbonyl (C=O) groups excluding carboxylic acids is 1. The van der Waals surface area contributed by atoms with Crippen molar-refractivity contribution >= 4 is 5.78 Å². The van der Waals surface area contributed by atoms with Crippen LogP contribution in [0.15, 0.2) is 34.9 Å². The number of hydrogen-bond acceptors (Lipinski definition) is 4. The molecule has 4 nitrogen and oxygen atoms in total. The Bertz CT molecular complexity index is 462. The van der Waals surface area contributed by atoms with Crippen LogP contribution in [0.25, 0.3) is 0 Å². The second kappa shape index (κ2) is 4.04. The van der Waals surface area contributed by atoms with E-state index in [4.69, 9.17) is 4.52 Å². The smallest absolute Gasteiger partial charge is 0.243 e. The minimum atomic E-state index is -0.209. The van der Waals surface area contributed by atoms with E-state index >= 15 is 0 Å². The molecule has 15 heavy (non-hydrogen) atoms. The highest BCUT2D eigenvalue weighted by molar-refractivity contribution is 6.06. The van der Waals surface area contributed by atoms with Gasteiger partial charge in [-0.1, -0.05) is 42.4 Å². The molecule has 0 aliphatic carbocycles. The van der Waals surface area contributed by atoms with Crippen LogP contribution in [0, 0.1) is 0 Å². The lowest BCUT2D eigenvalue weighted by Gasteiger charge is -1.93. The van der Waals surface area contributed by atoms with Crippen LogP contribution in [-0.2, 0) is 6.42 Å². The number of rotatable bonds is 3. The van der Waals surface area contributed by atoms with E-state index in [1.807, 2.05) is 13.0 Å². The van der Waals surface area contributed by atoms with Gasteiger partial charge in [-0.05, 0) is 0 Å². The van der Waals surface area contributed by atoms with Gasteiger partial charge in [-0.3, -0.25) is 4.79 Å². The number of benzene rings is 1. The molecule has 0 saturated carbocycles. The number of ketones is 1. The molecule has 1 heterocycles. The molecule has 76 valence electrons. The molecule has 0 aliphatic heterocycles. The van der Waals surface area contributed by atoms with Crippen molar-refractivity contribution in [2.45, 2.75) is 13.3 Å². The van der Waals surface area contributed by atoms with Crippen LogP contribution in [0.3, 0.4) is 0 Å². The Balaban J connectivity index is 2.29. The summed E-state index contributed by atoms with van der Waals surface area (Å²) in [5.41, 5.74) is 0.570. The summed E-state index contributed by atoms with van der Waals surface area (Å²) in [4.78, 5) is 15.8. The minimum Gasteiger partial charge on any atom is -0.339 e. The molecule has 0 saturated heterocycles. The fraction of sp³-hybridized carbons (Fsp3) is 0.182. The van der Waals surface area contributed by atoms with E-state index in [1.54, 1.807) is 24.3 Å². The number of hydrogen-bond donors (Lipinski definition) is 0. The maximum Gasteiger partial charge on any atom is 0.243 e. The first-order valence-corrected chi connectivity index (χ1v) is 4.73. The summed E-state index contributed by atoms with van der Waals surface area (Å²) >= 11 is 0. The van der Waals surface area contributed by atoms with Crippen molar-refractivity contribution in [3.63, 3.8) is 0 Å². The summed E-state index contributed by atoms with van der Waals surface area (Å²) in [6, 6.07) is 8.90. The molecule has 0 radical (unpaired) electrons. The highest BCUT2D eigenvalue weighted by Gasteiger charge is 2.15. The Morgan fingerprint density at radius 2 is 2.07 bits per heavy atom. The average Bonchev–Trinajstić information content (AvgIpc) is 2.78. The summed E-state index contributed by atoms with van der Waals surface area (Å²) in [7, 11) is 0. The van der Waals surface area contributed by atoms with Crippen LogP contribution < -0.4 is 0 Å². The van der Waals surface area contributed by atoms with Gasteiger partial charge in [-0.25, -0.2) is 0 Å². The number of nitrogens with zero attached hydrogens (tertiary/aromatic N) is 2.